The van der Waals surface area contributed by atoms with Gasteiger partial charge in [0.1, 0.15) is 0 Å². The first-order valence-corrected chi connectivity index (χ1v) is 12.1. The molecule has 1 saturated carbocycles. The van der Waals surface area contributed by atoms with E-state index in [1.165, 1.54) is 16.7 Å². The third kappa shape index (κ3) is 4.38. The number of aliphatic hydroxyl groups excluding tert-OH is 2. The van der Waals surface area contributed by atoms with Crippen LogP contribution in [-0.4, -0.2) is 61.4 Å². The van der Waals surface area contributed by atoms with Crippen molar-refractivity contribution in [3.8, 4) is 0 Å². The molecule has 32 heavy (non-hydrogen) atoms. The van der Waals surface area contributed by atoms with Gasteiger partial charge in [0, 0.05) is 23.7 Å². The van der Waals surface area contributed by atoms with E-state index in [2.05, 4.69) is 45.9 Å². The lowest BCUT2D eigenvalue weighted by atomic mass is 9.73. The first-order chi connectivity index (χ1) is 15.3. The molecule has 0 unspecified atom stereocenters. The molecule has 6 nitrogen and oxygen atoms in total. The predicted octanol–water partition coefficient (Wildman–Crippen LogP) is 3.83. The average molecular weight is 449 g/mol. The SMILES string of the molecule is CCC1(CO)COC2(CC(c3ccc(C)cc3C)CC3(C2)OCC(CC)(CO)CO3)OC1. The van der Waals surface area contributed by atoms with Crippen molar-refractivity contribution in [3.63, 3.8) is 0 Å². The van der Waals surface area contributed by atoms with Crippen LogP contribution in [0.4, 0.5) is 0 Å². The number of hydrogen-bond acceptors (Lipinski definition) is 6. The second-order valence-electron chi connectivity index (χ2n) is 10.6. The van der Waals surface area contributed by atoms with Gasteiger partial charge in [0.25, 0.3) is 0 Å². The lowest BCUT2D eigenvalue weighted by Crippen LogP contribution is -2.61. The molecule has 2 aliphatic heterocycles. The Balaban J connectivity index is 1.63. The smallest absolute Gasteiger partial charge is 0.174 e. The van der Waals surface area contributed by atoms with Crippen LogP contribution in [0.5, 0.6) is 0 Å². The van der Waals surface area contributed by atoms with Gasteiger partial charge in [0.2, 0.25) is 0 Å². The fraction of sp³-hybridized carbons (Fsp3) is 0.769. The molecule has 0 radical (unpaired) electrons. The van der Waals surface area contributed by atoms with E-state index in [1.54, 1.807) is 0 Å². The van der Waals surface area contributed by atoms with E-state index in [0.717, 1.165) is 25.7 Å². The third-order valence-electron chi connectivity index (χ3n) is 8.26. The Morgan fingerprint density at radius 3 is 1.66 bits per heavy atom. The Hall–Kier alpha value is -1.02. The molecule has 4 rings (SSSR count). The number of hydrogen-bond donors (Lipinski definition) is 2. The summed E-state index contributed by atoms with van der Waals surface area (Å²) in [5.41, 5.74) is 3.07. The maximum Gasteiger partial charge on any atom is 0.174 e. The molecular formula is C26H40O6. The monoisotopic (exact) mass is 448 g/mol. The summed E-state index contributed by atoms with van der Waals surface area (Å²) in [7, 11) is 0. The van der Waals surface area contributed by atoms with Crippen molar-refractivity contribution in [2.45, 2.75) is 77.3 Å². The third-order valence-corrected chi connectivity index (χ3v) is 8.26. The number of aryl methyl sites for hydroxylation is 2. The zero-order chi connectivity index (χ0) is 23.0. The average Bonchev–Trinajstić information content (AvgIpc) is 2.81. The van der Waals surface area contributed by atoms with Crippen LogP contribution in [0.3, 0.4) is 0 Å². The molecule has 0 bridgehead atoms. The Kier molecular flexibility index (Phi) is 6.76. The fourth-order valence-electron chi connectivity index (χ4n) is 5.44. The van der Waals surface area contributed by atoms with Gasteiger partial charge in [-0.3, -0.25) is 0 Å². The van der Waals surface area contributed by atoms with Crippen LogP contribution in [0.25, 0.3) is 0 Å². The van der Waals surface area contributed by atoms with Gasteiger partial charge >= 0.3 is 0 Å². The Morgan fingerprint density at radius 2 is 1.28 bits per heavy atom. The van der Waals surface area contributed by atoms with E-state index in [-0.39, 0.29) is 30.0 Å². The van der Waals surface area contributed by atoms with Crippen molar-refractivity contribution in [2.24, 2.45) is 10.8 Å². The zero-order valence-corrected chi connectivity index (χ0v) is 20.1. The molecular weight excluding hydrogens is 408 g/mol. The maximum absolute atomic E-state index is 9.94. The standard InChI is InChI=1S/C26H40O6/c1-5-23(13-27)15-29-25(30-16-23)10-21(22-8-7-19(3)9-20(22)4)11-26(12-25)31-17-24(6-2,14-28)18-32-26/h7-9,21,27-28H,5-6,10-18H2,1-4H3. The number of ether oxygens (including phenoxy) is 4. The number of aliphatic hydroxyl groups is 2. The first kappa shape index (κ1) is 24.1. The zero-order valence-electron chi connectivity index (χ0n) is 20.1. The summed E-state index contributed by atoms with van der Waals surface area (Å²) >= 11 is 0. The molecule has 2 spiro atoms. The van der Waals surface area contributed by atoms with Crippen molar-refractivity contribution in [2.75, 3.05) is 39.6 Å². The van der Waals surface area contributed by atoms with Gasteiger partial charge in [0.15, 0.2) is 11.6 Å². The van der Waals surface area contributed by atoms with Gasteiger partial charge in [-0.05, 0) is 43.7 Å². The highest BCUT2D eigenvalue weighted by Gasteiger charge is 2.57. The van der Waals surface area contributed by atoms with Gasteiger partial charge in [-0.15, -0.1) is 0 Å². The summed E-state index contributed by atoms with van der Waals surface area (Å²) in [6.45, 7) is 10.3. The lowest BCUT2D eigenvalue weighted by Gasteiger charge is -2.56. The van der Waals surface area contributed by atoms with Crippen molar-refractivity contribution in [1.29, 1.82) is 0 Å². The Morgan fingerprint density at radius 1 is 0.812 bits per heavy atom. The van der Waals surface area contributed by atoms with Crippen LogP contribution in [0, 0.1) is 24.7 Å². The normalized spacial score (nSPS) is 40.1. The van der Waals surface area contributed by atoms with Gasteiger partial charge in [-0.2, -0.15) is 0 Å². The van der Waals surface area contributed by atoms with Gasteiger partial charge in [-0.1, -0.05) is 37.6 Å². The minimum atomic E-state index is -0.806. The van der Waals surface area contributed by atoms with Crippen molar-refractivity contribution in [1.82, 2.24) is 0 Å². The van der Waals surface area contributed by atoms with Crippen LogP contribution in [0.15, 0.2) is 18.2 Å². The number of benzene rings is 1. The van der Waals surface area contributed by atoms with Crippen LogP contribution in [-0.2, 0) is 18.9 Å². The van der Waals surface area contributed by atoms with Gasteiger partial charge in [0.05, 0.1) is 46.1 Å². The molecule has 180 valence electrons. The highest BCUT2D eigenvalue weighted by atomic mass is 16.7. The molecule has 2 N–H and O–H groups in total. The Bertz CT molecular complexity index is 738. The van der Waals surface area contributed by atoms with Gasteiger partial charge < -0.3 is 29.2 Å². The van der Waals surface area contributed by atoms with Crippen LogP contribution < -0.4 is 0 Å². The van der Waals surface area contributed by atoms with E-state index < -0.39 is 11.6 Å². The summed E-state index contributed by atoms with van der Waals surface area (Å²) in [6, 6.07) is 6.58. The van der Waals surface area contributed by atoms with E-state index in [0.29, 0.717) is 32.8 Å². The molecule has 0 aromatic heterocycles. The van der Waals surface area contributed by atoms with Gasteiger partial charge in [-0.25, -0.2) is 0 Å². The quantitative estimate of drug-likeness (QED) is 0.713. The first-order valence-electron chi connectivity index (χ1n) is 12.1. The molecule has 2 saturated heterocycles. The number of rotatable bonds is 5. The Labute approximate surface area is 192 Å². The maximum atomic E-state index is 9.94. The summed E-state index contributed by atoms with van der Waals surface area (Å²) in [4.78, 5) is 0. The molecule has 3 fully saturated rings. The highest BCUT2D eigenvalue weighted by Crippen LogP contribution is 2.53. The fourth-order valence-corrected chi connectivity index (χ4v) is 5.44. The second kappa shape index (κ2) is 8.97. The molecule has 3 aliphatic rings. The summed E-state index contributed by atoms with van der Waals surface area (Å²) < 4.78 is 25.8. The minimum absolute atomic E-state index is 0.0493. The van der Waals surface area contributed by atoms with Crippen molar-refractivity contribution >= 4 is 0 Å². The summed E-state index contributed by atoms with van der Waals surface area (Å²) in [6.07, 6.45) is 3.56. The van der Waals surface area contributed by atoms with E-state index in [9.17, 15) is 10.2 Å². The largest absolute Gasteiger partial charge is 0.396 e. The van der Waals surface area contributed by atoms with E-state index in [4.69, 9.17) is 18.9 Å². The van der Waals surface area contributed by atoms with E-state index in [1.807, 2.05) is 0 Å². The molecule has 0 amide bonds. The lowest BCUT2D eigenvalue weighted by molar-refractivity contribution is -0.393. The molecule has 1 aromatic rings. The summed E-state index contributed by atoms with van der Waals surface area (Å²) in [5.74, 6) is -1.45. The van der Waals surface area contributed by atoms with Crippen molar-refractivity contribution < 1.29 is 29.2 Å². The second-order valence-corrected chi connectivity index (χ2v) is 10.6. The molecule has 1 aliphatic carbocycles. The summed E-state index contributed by atoms with van der Waals surface area (Å²) in [5, 5.41) is 19.9. The van der Waals surface area contributed by atoms with E-state index >= 15 is 0 Å². The molecule has 0 atom stereocenters. The minimum Gasteiger partial charge on any atom is -0.396 e. The van der Waals surface area contributed by atoms with Crippen molar-refractivity contribution in [3.05, 3.63) is 34.9 Å². The van der Waals surface area contributed by atoms with Crippen LogP contribution in [0.1, 0.15) is 68.6 Å². The molecule has 1 aromatic carbocycles. The topological polar surface area (TPSA) is 77.4 Å². The highest BCUT2D eigenvalue weighted by molar-refractivity contribution is 5.34. The predicted molar refractivity (Wildman–Crippen MR) is 121 cm³/mol. The molecule has 6 heteroatoms. The van der Waals surface area contributed by atoms with Crippen LogP contribution >= 0.6 is 0 Å². The van der Waals surface area contributed by atoms with Crippen LogP contribution in [0.2, 0.25) is 0 Å². The molecule has 2 heterocycles.